The zero-order valence-electron chi connectivity index (χ0n) is 9.46. The minimum atomic E-state index is 0.258. The molecule has 0 aliphatic heterocycles. The second kappa shape index (κ2) is 5.95. The third-order valence-corrected chi connectivity index (χ3v) is 2.92. The molecule has 1 N–H and O–H groups in total. The van der Waals surface area contributed by atoms with Gasteiger partial charge in [0, 0.05) is 6.04 Å². The molecule has 1 atom stereocenters. The maximum atomic E-state index is 5.57. The highest BCUT2D eigenvalue weighted by Gasteiger charge is 2.15. The SMILES string of the molecule is CCC(CC)C(C)Nc1nnc(CCl)o1. The molecule has 0 aliphatic carbocycles. The second-order valence-electron chi connectivity index (χ2n) is 3.64. The van der Waals surface area contributed by atoms with Crippen molar-refractivity contribution >= 4 is 17.6 Å². The quantitative estimate of drug-likeness (QED) is 0.765. The van der Waals surface area contributed by atoms with Crippen LogP contribution in [-0.4, -0.2) is 16.2 Å². The highest BCUT2D eigenvalue weighted by atomic mass is 35.5. The van der Waals surface area contributed by atoms with Gasteiger partial charge in [-0.3, -0.25) is 0 Å². The molecule has 0 aromatic carbocycles. The normalized spacial score (nSPS) is 13.1. The first-order valence-electron chi connectivity index (χ1n) is 5.36. The smallest absolute Gasteiger partial charge is 0.315 e. The molecule has 0 bridgehead atoms. The van der Waals surface area contributed by atoms with Crippen molar-refractivity contribution in [3.05, 3.63) is 5.89 Å². The van der Waals surface area contributed by atoms with E-state index in [1.165, 1.54) is 0 Å². The molecule has 15 heavy (non-hydrogen) atoms. The molecule has 1 aromatic rings. The third kappa shape index (κ3) is 3.38. The Balaban J connectivity index is 2.53. The van der Waals surface area contributed by atoms with Crippen LogP contribution in [0, 0.1) is 5.92 Å². The molecular weight excluding hydrogens is 214 g/mol. The van der Waals surface area contributed by atoms with Gasteiger partial charge in [-0.25, -0.2) is 0 Å². The summed E-state index contributed by atoms with van der Waals surface area (Å²) >= 11 is 5.57. The summed E-state index contributed by atoms with van der Waals surface area (Å²) in [5.41, 5.74) is 0. The molecule has 1 heterocycles. The fraction of sp³-hybridized carbons (Fsp3) is 0.800. The van der Waals surface area contributed by atoms with E-state index in [-0.39, 0.29) is 5.88 Å². The predicted octanol–water partition coefficient (Wildman–Crippen LogP) is 3.05. The number of anilines is 1. The monoisotopic (exact) mass is 231 g/mol. The van der Waals surface area contributed by atoms with Gasteiger partial charge in [0.1, 0.15) is 5.88 Å². The standard InChI is InChI=1S/C10H18ClN3O/c1-4-8(5-2)7(3)12-10-14-13-9(6-11)15-10/h7-8H,4-6H2,1-3H3,(H,12,14). The summed E-state index contributed by atoms with van der Waals surface area (Å²) in [6.07, 6.45) is 2.28. The van der Waals surface area contributed by atoms with Gasteiger partial charge in [-0.15, -0.1) is 16.7 Å². The summed E-state index contributed by atoms with van der Waals surface area (Å²) in [5.74, 6) is 1.33. The first kappa shape index (κ1) is 12.3. The van der Waals surface area contributed by atoms with Crippen molar-refractivity contribution in [3.63, 3.8) is 0 Å². The molecule has 4 nitrogen and oxygen atoms in total. The molecule has 1 rings (SSSR count). The van der Waals surface area contributed by atoms with E-state index in [9.17, 15) is 0 Å². The Hall–Kier alpha value is -0.770. The molecular formula is C10H18ClN3O. The van der Waals surface area contributed by atoms with E-state index in [4.69, 9.17) is 16.0 Å². The van der Waals surface area contributed by atoms with Gasteiger partial charge in [0.2, 0.25) is 5.89 Å². The average molecular weight is 232 g/mol. The fourth-order valence-electron chi connectivity index (χ4n) is 1.67. The lowest BCUT2D eigenvalue weighted by molar-refractivity contribution is 0.423. The van der Waals surface area contributed by atoms with E-state index >= 15 is 0 Å². The van der Waals surface area contributed by atoms with Crippen LogP contribution in [0.1, 0.15) is 39.5 Å². The highest BCUT2D eigenvalue weighted by molar-refractivity contribution is 6.16. The van der Waals surface area contributed by atoms with E-state index < -0.39 is 0 Å². The van der Waals surface area contributed by atoms with E-state index in [1.807, 2.05) is 0 Å². The maximum Gasteiger partial charge on any atom is 0.315 e. The second-order valence-corrected chi connectivity index (χ2v) is 3.91. The molecule has 86 valence electrons. The van der Waals surface area contributed by atoms with Crippen LogP contribution in [0.3, 0.4) is 0 Å². The Kier molecular flexibility index (Phi) is 4.88. The van der Waals surface area contributed by atoms with Crippen LogP contribution in [0.25, 0.3) is 0 Å². The van der Waals surface area contributed by atoms with Crippen LogP contribution in [0.15, 0.2) is 4.42 Å². The molecule has 0 amide bonds. The van der Waals surface area contributed by atoms with Gasteiger partial charge in [-0.1, -0.05) is 31.8 Å². The summed E-state index contributed by atoms with van der Waals surface area (Å²) in [5, 5.41) is 10.9. The van der Waals surface area contributed by atoms with E-state index in [0.29, 0.717) is 23.9 Å². The van der Waals surface area contributed by atoms with Crippen LogP contribution in [0.4, 0.5) is 6.01 Å². The number of nitrogens with one attached hydrogen (secondary N) is 1. The van der Waals surface area contributed by atoms with Crippen LogP contribution < -0.4 is 5.32 Å². The van der Waals surface area contributed by atoms with E-state index in [1.54, 1.807) is 0 Å². The molecule has 0 saturated heterocycles. The minimum Gasteiger partial charge on any atom is -0.407 e. The lowest BCUT2D eigenvalue weighted by atomic mass is 9.96. The van der Waals surface area contributed by atoms with Gasteiger partial charge in [0.15, 0.2) is 0 Å². The number of nitrogens with zero attached hydrogens (tertiary/aromatic N) is 2. The Bertz CT molecular complexity index is 286. The van der Waals surface area contributed by atoms with Crippen LogP contribution in [-0.2, 0) is 5.88 Å². The van der Waals surface area contributed by atoms with E-state index in [0.717, 1.165) is 12.8 Å². The van der Waals surface area contributed by atoms with Gasteiger partial charge >= 0.3 is 6.01 Å². The van der Waals surface area contributed by atoms with Crippen LogP contribution >= 0.6 is 11.6 Å². The van der Waals surface area contributed by atoms with Crippen LogP contribution in [0.5, 0.6) is 0 Å². The first-order chi connectivity index (χ1) is 7.21. The van der Waals surface area contributed by atoms with E-state index in [2.05, 4.69) is 36.3 Å². The Morgan fingerprint density at radius 2 is 2.00 bits per heavy atom. The van der Waals surface area contributed by atoms with Gasteiger partial charge in [0.25, 0.3) is 0 Å². The summed E-state index contributed by atoms with van der Waals surface area (Å²) in [6.45, 7) is 6.50. The lowest BCUT2D eigenvalue weighted by Gasteiger charge is -2.20. The van der Waals surface area contributed by atoms with Crippen LogP contribution in [0.2, 0.25) is 0 Å². The molecule has 0 saturated carbocycles. The summed E-state index contributed by atoms with van der Waals surface area (Å²) < 4.78 is 5.28. The van der Waals surface area contributed by atoms with Crippen molar-refractivity contribution in [1.82, 2.24) is 10.2 Å². The fourth-order valence-corrected chi connectivity index (χ4v) is 1.78. The van der Waals surface area contributed by atoms with Gasteiger partial charge in [-0.05, 0) is 12.8 Å². The zero-order chi connectivity index (χ0) is 11.3. The minimum absolute atomic E-state index is 0.258. The van der Waals surface area contributed by atoms with Gasteiger partial charge in [0.05, 0.1) is 0 Å². The summed E-state index contributed by atoms with van der Waals surface area (Å²) in [6, 6.07) is 0.800. The highest BCUT2D eigenvalue weighted by Crippen LogP contribution is 2.17. The van der Waals surface area contributed by atoms with Gasteiger partial charge in [-0.2, -0.15) is 0 Å². The largest absolute Gasteiger partial charge is 0.407 e. The molecule has 0 spiro atoms. The number of hydrogen-bond acceptors (Lipinski definition) is 4. The first-order valence-corrected chi connectivity index (χ1v) is 5.89. The third-order valence-electron chi connectivity index (χ3n) is 2.69. The topological polar surface area (TPSA) is 51.0 Å². The Morgan fingerprint density at radius 1 is 1.33 bits per heavy atom. The van der Waals surface area contributed by atoms with Crippen molar-refractivity contribution in [2.75, 3.05) is 5.32 Å². The van der Waals surface area contributed by atoms with Crippen molar-refractivity contribution in [3.8, 4) is 0 Å². The average Bonchev–Trinajstić information content (AvgIpc) is 2.67. The number of alkyl halides is 1. The lowest BCUT2D eigenvalue weighted by Crippen LogP contribution is -2.25. The molecule has 1 aromatic heterocycles. The van der Waals surface area contributed by atoms with Crippen molar-refractivity contribution in [2.45, 2.75) is 45.5 Å². The molecule has 1 unspecified atom stereocenters. The Labute approximate surface area is 95.4 Å². The summed E-state index contributed by atoms with van der Waals surface area (Å²) in [7, 11) is 0. The number of aromatic nitrogens is 2. The van der Waals surface area contributed by atoms with Crippen molar-refractivity contribution in [2.24, 2.45) is 5.92 Å². The Morgan fingerprint density at radius 3 is 2.47 bits per heavy atom. The molecule has 0 radical (unpaired) electrons. The summed E-state index contributed by atoms with van der Waals surface area (Å²) in [4.78, 5) is 0. The number of halogens is 1. The number of rotatable bonds is 6. The molecule has 5 heteroatoms. The van der Waals surface area contributed by atoms with Crippen molar-refractivity contribution < 1.29 is 4.42 Å². The molecule has 0 fully saturated rings. The number of hydrogen-bond donors (Lipinski definition) is 1. The molecule has 0 aliphatic rings. The zero-order valence-corrected chi connectivity index (χ0v) is 10.2. The van der Waals surface area contributed by atoms with Gasteiger partial charge < -0.3 is 9.73 Å². The predicted molar refractivity (Wildman–Crippen MR) is 61.0 cm³/mol. The maximum absolute atomic E-state index is 5.57. The van der Waals surface area contributed by atoms with Crippen molar-refractivity contribution in [1.29, 1.82) is 0 Å².